The van der Waals surface area contributed by atoms with E-state index in [1.54, 1.807) is 31.0 Å². The Morgan fingerprint density at radius 3 is 1.36 bits per heavy atom. The summed E-state index contributed by atoms with van der Waals surface area (Å²) in [5.74, 6) is 3.67. The van der Waals surface area contributed by atoms with Gasteiger partial charge in [0.25, 0.3) is 0 Å². The lowest BCUT2D eigenvalue weighted by Crippen LogP contribution is -2.45. The Hall–Kier alpha value is -5.49. The van der Waals surface area contributed by atoms with E-state index in [2.05, 4.69) is 168 Å². The number of nitrogens with one attached hydrogen (secondary N) is 1. The average molecular weight is 1160 g/mol. The summed E-state index contributed by atoms with van der Waals surface area (Å²) in [6.45, 7) is 32.9. The molecule has 0 bridgehead atoms. The molecule has 0 unspecified atom stereocenters. The number of rotatable bonds is 10. The van der Waals surface area contributed by atoms with E-state index in [1.165, 1.54) is 74.5 Å². The van der Waals surface area contributed by atoms with Crippen LogP contribution in [0.1, 0.15) is 174 Å². The third kappa shape index (κ3) is 17.4. The lowest BCUT2D eigenvalue weighted by Gasteiger charge is -2.40. The van der Waals surface area contributed by atoms with Crippen LogP contribution < -0.4 is 0 Å². The van der Waals surface area contributed by atoms with Crippen LogP contribution in [0.2, 0.25) is 0 Å². The Bertz CT molecular complexity index is 2820. The quantitative estimate of drug-likeness (QED) is 0.102. The van der Waals surface area contributed by atoms with Crippen molar-refractivity contribution in [3.05, 3.63) is 150 Å². The standard InChI is InChI=1S/C16H23N3.C15H21N3.3C13H20N2O/c1-12(2)19-10-8-13(9-11-19)16-17-14-6-4-5-7-15(14)18(16)3;1-11(2)18-9-7-12(8-10-18)15-16-13-5-3-4-6-14(13)17-15;1-11(2)15-9-5-13(16,6-10-15)12-3-7-14-8-4-12;1-11(2)15-8-5-13(16,6-9-15)12-4-3-7-14-10-12;1-11(2)15-9-6-13(16,7-10-15)12-5-3-4-8-14-12/h4-7,12-13H,8-11H2,1-3H3;3-6,11-12H,7-10H2,1-2H3,(H,16,17);3-4,7-8,11,16H,5-6,9-10H2,1-2H3;3-4,7,10-11,16H,5-6,8-9H2,1-2H3;3-5,8,11,16H,6-7,9-10H2,1-2H3. The molecule has 5 aromatic heterocycles. The van der Waals surface area contributed by atoms with Crippen LogP contribution in [0.15, 0.2) is 122 Å². The zero-order valence-corrected chi connectivity index (χ0v) is 53.5. The number of aliphatic hydroxyl groups is 3. The molecule has 5 saturated heterocycles. The van der Waals surface area contributed by atoms with Gasteiger partial charge in [0.2, 0.25) is 0 Å². The van der Waals surface area contributed by atoms with Gasteiger partial charge in [0.05, 0.1) is 39.0 Å². The Labute approximate surface area is 509 Å². The smallest absolute Gasteiger partial charge is 0.112 e. The van der Waals surface area contributed by atoms with Crippen LogP contribution >= 0.6 is 0 Å². The highest BCUT2D eigenvalue weighted by Gasteiger charge is 2.37. The number of hydrogen-bond acceptors (Lipinski definition) is 13. The van der Waals surface area contributed by atoms with Crippen LogP contribution in [0.3, 0.4) is 0 Å². The molecule has 0 radical (unpaired) electrons. The van der Waals surface area contributed by atoms with E-state index in [4.69, 9.17) is 9.97 Å². The molecule has 0 aliphatic carbocycles. The van der Waals surface area contributed by atoms with Crippen LogP contribution in [0.4, 0.5) is 0 Å². The van der Waals surface area contributed by atoms with Gasteiger partial charge in [-0.25, -0.2) is 9.97 Å². The molecule has 12 rings (SSSR count). The maximum atomic E-state index is 10.6. The van der Waals surface area contributed by atoms with E-state index in [1.807, 2.05) is 48.5 Å². The summed E-state index contributed by atoms with van der Waals surface area (Å²) in [6, 6.07) is 33.2. The number of para-hydroxylation sites is 4. The van der Waals surface area contributed by atoms with Gasteiger partial charge in [-0.1, -0.05) is 36.4 Å². The Balaban J connectivity index is 0.000000139. The fourth-order valence-electron chi connectivity index (χ4n) is 13.1. The van der Waals surface area contributed by atoms with E-state index >= 15 is 0 Å². The highest BCUT2D eigenvalue weighted by atomic mass is 16.3. The van der Waals surface area contributed by atoms with Gasteiger partial charge in [0.15, 0.2) is 0 Å². The number of benzene rings is 2. The van der Waals surface area contributed by atoms with Gasteiger partial charge >= 0.3 is 0 Å². The molecule has 5 aliphatic rings. The summed E-state index contributed by atoms with van der Waals surface area (Å²) in [5.41, 5.74) is 5.40. The van der Waals surface area contributed by atoms with Crippen LogP contribution in [-0.4, -0.2) is 170 Å². The Morgan fingerprint density at radius 1 is 0.435 bits per heavy atom. The molecule has 2 aromatic carbocycles. The number of aromatic nitrogens is 7. The van der Waals surface area contributed by atoms with Gasteiger partial charge in [0.1, 0.15) is 17.2 Å². The molecule has 462 valence electrons. The van der Waals surface area contributed by atoms with Gasteiger partial charge in [-0.3, -0.25) is 15.0 Å². The monoisotopic (exact) mass is 1160 g/mol. The highest BCUT2D eigenvalue weighted by Crippen LogP contribution is 2.36. The fraction of sp³-hybridized carbons (Fsp3) is 0.586. The maximum absolute atomic E-state index is 10.6. The van der Waals surface area contributed by atoms with Gasteiger partial charge < -0.3 is 49.4 Å². The number of likely N-dealkylation sites (tertiary alicyclic amines) is 5. The average Bonchev–Trinajstić information content (AvgIpc) is 3.82. The van der Waals surface area contributed by atoms with Crippen molar-refractivity contribution in [3.8, 4) is 0 Å². The number of aromatic amines is 1. The molecular formula is C70H104N12O3. The summed E-state index contributed by atoms with van der Waals surface area (Å²) in [5, 5.41) is 31.7. The number of H-pyrrole nitrogens is 1. The lowest BCUT2D eigenvalue weighted by atomic mass is 9.84. The predicted molar refractivity (Wildman–Crippen MR) is 346 cm³/mol. The number of aryl methyl sites for hydroxylation is 1. The molecule has 0 saturated carbocycles. The Kier molecular flexibility index (Phi) is 23.4. The summed E-state index contributed by atoms with van der Waals surface area (Å²) < 4.78 is 2.28. The minimum Gasteiger partial charge on any atom is -0.385 e. The van der Waals surface area contributed by atoms with Crippen molar-refractivity contribution in [1.29, 1.82) is 0 Å². The second-order valence-electron chi connectivity index (χ2n) is 26.1. The first-order valence-corrected chi connectivity index (χ1v) is 32.2. The number of hydrogen-bond donors (Lipinski definition) is 4. The molecule has 85 heavy (non-hydrogen) atoms. The van der Waals surface area contributed by atoms with Crippen LogP contribution in [0.25, 0.3) is 22.1 Å². The predicted octanol–water partition coefficient (Wildman–Crippen LogP) is 11.6. The number of nitrogens with zero attached hydrogens (tertiary/aromatic N) is 11. The van der Waals surface area contributed by atoms with Gasteiger partial charge in [-0.05, 0) is 220 Å². The first kappa shape index (κ1) is 65.5. The summed E-state index contributed by atoms with van der Waals surface area (Å²) >= 11 is 0. The van der Waals surface area contributed by atoms with Gasteiger partial charge in [-0.2, -0.15) is 0 Å². The van der Waals surface area contributed by atoms with Crippen LogP contribution in [0, 0.1) is 0 Å². The van der Waals surface area contributed by atoms with E-state index < -0.39 is 16.8 Å². The minimum absolute atomic E-state index is 0.563. The van der Waals surface area contributed by atoms with Crippen LogP contribution in [-0.2, 0) is 23.9 Å². The molecule has 0 atom stereocenters. The zero-order chi connectivity index (χ0) is 60.7. The maximum Gasteiger partial charge on any atom is 0.112 e. The summed E-state index contributed by atoms with van der Waals surface area (Å²) in [4.78, 5) is 37.8. The van der Waals surface area contributed by atoms with Crippen LogP contribution in [0.5, 0.6) is 0 Å². The summed E-state index contributed by atoms with van der Waals surface area (Å²) in [7, 11) is 2.15. The van der Waals surface area contributed by atoms with Crippen molar-refractivity contribution < 1.29 is 15.3 Å². The molecule has 0 spiro atoms. The number of imidazole rings is 2. The molecule has 0 amide bonds. The normalized spacial score (nSPS) is 20.1. The third-order valence-electron chi connectivity index (χ3n) is 19.1. The van der Waals surface area contributed by atoms with Crippen molar-refractivity contribution in [2.75, 3.05) is 65.4 Å². The third-order valence-corrected chi connectivity index (χ3v) is 19.1. The van der Waals surface area contributed by atoms with Crippen molar-refractivity contribution in [1.82, 2.24) is 59.0 Å². The molecule has 15 nitrogen and oxygen atoms in total. The zero-order valence-electron chi connectivity index (χ0n) is 53.5. The highest BCUT2D eigenvalue weighted by molar-refractivity contribution is 5.76. The minimum atomic E-state index is -0.716. The SMILES string of the molecule is CC(C)N1CCC(O)(c2ccccn2)CC1.CC(C)N1CCC(O)(c2cccnc2)CC1.CC(C)N1CCC(O)(c2ccncc2)CC1.CC(C)N1CCC(c2nc3ccccc3[nH]2)CC1.CC(C)N1CCC(c2nc3ccccc3n2C)CC1. The first-order valence-electron chi connectivity index (χ1n) is 32.2. The molecule has 5 aliphatic heterocycles. The van der Waals surface area contributed by atoms with Crippen molar-refractivity contribution >= 4 is 22.1 Å². The first-order chi connectivity index (χ1) is 40.8. The fourth-order valence-corrected chi connectivity index (χ4v) is 13.1. The lowest BCUT2D eigenvalue weighted by molar-refractivity contribution is -0.0356. The van der Waals surface area contributed by atoms with E-state index in [0.29, 0.717) is 42.0 Å². The van der Waals surface area contributed by atoms with Gasteiger partial charge in [0, 0.05) is 125 Å². The van der Waals surface area contributed by atoms with Crippen molar-refractivity contribution in [2.45, 2.75) is 192 Å². The molecule has 4 N–H and O–H groups in total. The van der Waals surface area contributed by atoms with E-state index in [0.717, 1.165) is 106 Å². The van der Waals surface area contributed by atoms with E-state index in [-0.39, 0.29) is 0 Å². The van der Waals surface area contributed by atoms with Crippen molar-refractivity contribution in [3.63, 3.8) is 0 Å². The van der Waals surface area contributed by atoms with E-state index in [9.17, 15) is 15.3 Å². The largest absolute Gasteiger partial charge is 0.385 e. The topological polar surface area (TPSA) is 162 Å². The number of fused-ring (bicyclic) bond motifs is 2. The molecule has 10 heterocycles. The van der Waals surface area contributed by atoms with Gasteiger partial charge in [-0.15, -0.1) is 0 Å². The molecule has 15 heteroatoms. The number of piperidine rings is 5. The molecule has 5 fully saturated rings. The second-order valence-corrected chi connectivity index (χ2v) is 26.1. The molecular weight excluding hydrogens is 1060 g/mol. The summed E-state index contributed by atoms with van der Waals surface area (Å²) in [6.07, 6.45) is 18.5. The second kappa shape index (κ2) is 30.4. The number of pyridine rings is 3. The molecule has 7 aromatic rings. The van der Waals surface area contributed by atoms with Crippen molar-refractivity contribution in [2.24, 2.45) is 7.05 Å². The Morgan fingerprint density at radius 2 is 0.894 bits per heavy atom.